The summed E-state index contributed by atoms with van der Waals surface area (Å²) in [5.74, 6) is -1.45. The van der Waals surface area contributed by atoms with Gasteiger partial charge in [0.25, 0.3) is 11.8 Å². The predicted molar refractivity (Wildman–Crippen MR) is 400 cm³/mol. The Morgan fingerprint density at radius 2 is 1.39 bits per heavy atom. The number of rotatable bonds is 29. The van der Waals surface area contributed by atoms with Gasteiger partial charge in [0.05, 0.1) is 82.3 Å². The summed E-state index contributed by atoms with van der Waals surface area (Å²) in [6.45, 7) is 7.78. The molecular formula is C83H91N9O16. The Morgan fingerprint density at radius 3 is 2.09 bits per heavy atom. The van der Waals surface area contributed by atoms with Crippen molar-refractivity contribution in [1.29, 1.82) is 0 Å². The highest BCUT2D eigenvalue weighted by atomic mass is 16.6. The van der Waals surface area contributed by atoms with Gasteiger partial charge in [-0.25, -0.2) is 14.4 Å². The number of ether oxygens (including phenoxy) is 6. The summed E-state index contributed by atoms with van der Waals surface area (Å²) in [6.07, 6.45) is 3.88. The summed E-state index contributed by atoms with van der Waals surface area (Å²) >= 11 is 0. The molecule has 2 fully saturated rings. The first kappa shape index (κ1) is 75.0. The predicted octanol–water partition coefficient (Wildman–Crippen LogP) is 11.1. The van der Waals surface area contributed by atoms with Gasteiger partial charge in [-0.15, -0.1) is 5.10 Å². The van der Waals surface area contributed by atoms with Gasteiger partial charge in [0, 0.05) is 98.4 Å². The van der Waals surface area contributed by atoms with Gasteiger partial charge in [0.1, 0.15) is 23.8 Å². The maximum atomic E-state index is 14.5. The van der Waals surface area contributed by atoms with Gasteiger partial charge < -0.3 is 58.9 Å². The van der Waals surface area contributed by atoms with Crippen LogP contribution < -0.4 is 44.1 Å². The number of para-hydroxylation sites is 1. The normalized spacial score (nSPS) is 17.7. The third-order valence-corrected chi connectivity index (χ3v) is 21.6. The number of hydrogen-bond acceptors (Lipinski definition) is 18. The zero-order valence-corrected chi connectivity index (χ0v) is 61.9. The molecule has 564 valence electrons. The van der Waals surface area contributed by atoms with Crippen LogP contribution >= 0.6 is 0 Å². The average molecular weight is 1470 g/mol. The van der Waals surface area contributed by atoms with E-state index in [4.69, 9.17) is 28.4 Å². The number of nitrogens with one attached hydrogen (secondary N) is 2. The molecule has 13 rings (SSSR count). The highest BCUT2D eigenvalue weighted by Crippen LogP contribution is 2.57. The van der Waals surface area contributed by atoms with Crippen molar-refractivity contribution in [3.63, 3.8) is 0 Å². The average Bonchev–Trinajstić information content (AvgIpc) is 1.56. The largest absolute Gasteiger partial charge is 0.497 e. The third-order valence-electron chi connectivity index (χ3n) is 21.6. The lowest BCUT2D eigenvalue weighted by Crippen LogP contribution is -2.50. The van der Waals surface area contributed by atoms with Gasteiger partial charge >= 0.3 is 6.09 Å². The minimum Gasteiger partial charge on any atom is -0.497 e. The topological polar surface area (TPSA) is 297 Å². The number of ketones is 3. The molecule has 1 saturated heterocycles. The van der Waals surface area contributed by atoms with Crippen molar-refractivity contribution in [3.05, 3.63) is 166 Å². The molecule has 3 N–H and O–H groups in total. The maximum absolute atomic E-state index is 14.5. The van der Waals surface area contributed by atoms with Gasteiger partial charge in [0.2, 0.25) is 17.7 Å². The molecule has 0 bridgehead atoms. The number of benzene rings is 6. The van der Waals surface area contributed by atoms with Crippen molar-refractivity contribution in [1.82, 2.24) is 35.4 Å². The van der Waals surface area contributed by atoms with Crippen LogP contribution in [0.1, 0.15) is 159 Å². The highest BCUT2D eigenvalue weighted by Gasteiger charge is 2.58. The lowest BCUT2D eigenvalue weighted by molar-refractivity contribution is -0.132. The zero-order valence-electron chi connectivity index (χ0n) is 61.9. The van der Waals surface area contributed by atoms with E-state index in [2.05, 4.69) is 20.9 Å². The molecule has 6 heterocycles. The van der Waals surface area contributed by atoms with E-state index in [-0.39, 0.29) is 147 Å². The number of anilines is 2. The van der Waals surface area contributed by atoms with Crippen LogP contribution in [0.25, 0.3) is 28.1 Å². The highest BCUT2D eigenvalue weighted by molar-refractivity contribution is 6.07. The van der Waals surface area contributed by atoms with E-state index in [0.29, 0.717) is 65.4 Å². The van der Waals surface area contributed by atoms with E-state index in [1.54, 1.807) is 61.1 Å². The number of aliphatic hydroxyl groups is 1. The molecule has 25 nitrogen and oxygen atoms in total. The van der Waals surface area contributed by atoms with Crippen molar-refractivity contribution < 1.29 is 76.7 Å². The summed E-state index contributed by atoms with van der Waals surface area (Å²) in [7, 11) is 4.61. The Balaban J connectivity index is 0.563. The molecular weight excluding hydrogens is 1380 g/mol. The number of methoxy groups -OCH3 is 3. The number of aliphatic hydroxyl groups excluding tert-OH is 1. The van der Waals surface area contributed by atoms with Gasteiger partial charge in [0.15, 0.2) is 40.8 Å². The van der Waals surface area contributed by atoms with E-state index < -0.39 is 47.9 Å². The quantitative estimate of drug-likeness (QED) is 0.0367. The summed E-state index contributed by atoms with van der Waals surface area (Å²) in [6, 6.07) is 35.0. The number of aryl methyl sites for hydroxylation is 1. The van der Waals surface area contributed by atoms with Gasteiger partial charge in [-0.1, -0.05) is 91.0 Å². The second-order valence-corrected chi connectivity index (χ2v) is 29.1. The van der Waals surface area contributed by atoms with Crippen LogP contribution in [0.3, 0.4) is 0 Å². The fraction of sp³-hybridized carbons (Fsp3) is 0.410. The summed E-state index contributed by atoms with van der Waals surface area (Å²) in [5, 5.41) is 26.6. The van der Waals surface area contributed by atoms with Crippen molar-refractivity contribution in [2.45, 2.75) is 161 Å². The van der Waals surface area contributed by atoms with E-state index in [1.165, 1.54) is 26.4 Å². The lowest BCUT2D eigenvalue weighted by Gasteiger charge is -2.31. The van der Waals surface area contributed by atoms with Crippen molar-refractivity contribution >= 4 is 69.9 Å². The van der Waals surface area contributed by atoms with Crippen LogP contribution in [0.15, 0.2) is 128 Å². The number of Topliss-reactive ketones (excluding diaryl/α,β-unsaturated/α-hetero) is 3. The number of nitrogens with zero attached hydrogens (tertiary/aromatic N) is 7. The van der Waals surface area contributed by atoms with Crippen LogP contribution in [0, 0.1) is 11.3 Å². The smallest absolute Gasteiger partial charge is 0.416 e. The molecule has 25 heteroatoms. The van der Waals surface area contributed by atoms with E-state index in [9.17, 15) is 48.3 Å². The first-order chi connectivity index (χ1) is 52.1. The minimum atomic E-state index is -1.48. The van der Waals surface area contributed by atoms with Crippen LogP contribution in [-0.2, 0) is 59.5 Å². The second kappa shape index (κ2) is 32.5. The molecule has 1 unspecified atom stereocenters. The molecule has 6 amide bonds. The first-order valence-corrected chi connectivity index (χ1v) is 37.1. The zero-order chi connectivity index (χ0) is 76.1. The van der Waals surface area contributed by atoms with Gasteiger partial charge in [-0.05, 0) is 141 Å². The van der Waals surface area contributed by atoms with Crippen LogP contribution in [-0.4, -0.2) is 155 Å². The van der Waals surface area contributed by atoms with Crippen molar-refractivity contribution in [2.75, 3.05) is 57.4 Å². The molecule has 108 heavy (non-hydrogen) atoms. The van der Waals surface area contributed by atoms with Crippen LogP contribution in [0.2, 0.25) is 0 Å². The van der Waals surface area contributed by atoms with E-state index >= 15 is 0 Å². The number of amides is 6. The number of carbonyl (C=O) groups excluding carboxylic acids is 9. The SMILES string of the molecule is CC[C@H](CC(=O)CNC(=O)CCC(=O)CCC(=O)N1Cc2ccccc2-c2c(nnn2C(C)C)-c2ccccc21)C(=O)N[C@@H](C)C(=O)Cc1ccc(COC(=O)N2c3cc(OCCCOc4cc5c(cc4OC)C(=O)N4C=C(c6ccc(OC)cc6)C[C@H]4CC5)c(OC)cc3C(=O)N3CC4(CC4)C[C@H]3C2O)cc1. The molecule has 5 atom stereocenters. The van der Waals surface area contributed by atoms with E-state index in [1.807, 2.05) is 108 Å². The lowest BCUT2D eigenvalue weighted by atomic mass is 9.95. The van der Waals surface area contributed by atoms with Gasteiger partial charge in [-0.3, -0.25) is 38.4 Å². The Hall–Kier alpha value is -11.2. The fourth-order valence-corrected chi connectivity index (χ4v) is 15.2. The molecule has 1 spiro atoms. The minimum absolute atomic E-state index is 0.00610. The van der Waals surface area contributed by atoms with Crippen molar-refractivity contribution in [2.24, 2.45) is 11.3 Å². The molecule has 1 aromatic heterocycles. The molecule has 6 aliphatic rings. The summed E-state index contributed by atoms with van der Waals surface area (Å²) in [5.41, 5.74) is 9.52. The van der Waals surface area contributed by atoms with Crippen LogP contribution in [0.5, 0.6) is 28.7 Å². The maximum Gasteiger partial charge on any atom is 0.416 e. The molecule has 7 aromatic rings. The van der Waals surface area contributed by atoms with E-state index in [0.717, 1.165) is 75.4 Å². The molecule has 1 saturated carbocycles. The summed E-state index contributed by atoms with van der Waals surface area (Å²) < 4.78 is 37.3. The Kier molecular flexibility index (Phi) is 22.6. The number of carbonyl (C=O) groups is 9. The summed E-state index contributed by atoms with van der Waals surface area (Å²) in [4.78, 5) is 130. The Morgan fingerprint density at radius 1 is 0.704 bits per heavy atom. The number of aromatic nitrogens is 3. The van der Waals surface area contributed by atoms with Crippen LogP contribution in [0.4, 0.5) is 16.2 Å². The standard InChI is InChI=1S/C83H91N9O16/c1-8-53(38-60(94)44-84-74(96)30-26-59(93)27-31-75(97)89-45-56-14-9-10-15-62(56)77-76(86-87-92(77)49(2)3)63-16-11-12-17-66(63)89)78(98)85-50(4)69(95)36-51-18-20-52(21-19-51)47-108-82(102)91-67-42-73(71(105-7)41-65(67)80(100)90-48-83(32-33-83)43-68(90)81(91)101)107-35-13-34-106-72-39-55-22-25-58-37-57(54-23-28-61(103-5)29-24-54)46-88(58)79(99)64(55)40-70(72)104-6/h9-12,14-21,23-24,28-29,39-42,46,49-50,53,58,68,81,101H,8,13,22,25-27,30-38,43-45,47-48H2,1-7H3,(H,84,96)(H,85,98)/t50-,53+,58+,68-,81?/m0/s1. The molecule has 1 aliphatic carbocycles. The van der Waals surface area contributed by atoms with Crippen molar-refractivity contribution in [3.8, 4) is 51.3 Å². The Bertz CT molecular complexity index is 4660. The monoisotopic (exact) mass is 1470 g/mol. The molecule has 6 aromatic carbocycles. The number of fused-ring (bicyclic) bond motifs is 9. The fourth-order valence-electron chi connectivity index (χ4n) is 15.2. The third kappa shape index (κ3) is 16.1. The molecule has 5 aliphatic heterocycles. The number of hydrogen-bond donors (Lipinski definition) is 3. The van der Waals surface area contributed by atoms with Gasteiger partial charge in [-0.2, -0.15) is 0 Å². The molecule has 0 radical (unpaired) electrons. The second-order valence-electron chi connectivity index (χ2n) is 29.1. The first-order valence-electron chi connectivity index (χ1n) is 37.1. The Labute approximate surface area is 626 Å².